The third-order valence-electron chi connectivity index (χ3n) is 10.6. The molecule has 0 aromatic carbocycles. The van der Waals surface area contributed by atoms with Crippen LogP contribution in [-0.4, -0.2) is 64.4 Å². The number of rotatable bonds is 2. The predicted molar refractivity (Wildman–Crippen MR) is 120 cm³/mol. The summed E-state index contributed by atoms with van der Waals surface area (Å²) in [4.78, 5) is 27.0. The molecule has 3 aliphatic carbocycles. The van der Waals surface area contributed by atoms with E-state index >= 15 is 0 Å². The van der Waals surface area contributed by atoms with Crippen molar-refractivity contribution in [3.05, 3.63) is 12.2 Å². The summed E-state index contributed by atoms with van der Waals surface area (Å²) in [5.41, 5.74) is -1.95. The number of β-lactam (4-membered cyclic amide) rings is 1. The van der Waals surface area contributed by atoms with Gasteiger partial charge in [-0.2, -0.15) is 0 Å². The van der Waals surface area contributed by atoms with Crippen LogP contribution in [0.4, 0.5) is 0 Å². The van der Waals surface area contributed by atoms with Crippen LogP contribution in [0.1, 0.15) is 54.4 Å². The lowest BCUT2D eigenvalue weighted by Gasteiger charge is -2.81. The summed E-state index contributed by atoms with van der Waals surface area (Å²) in [6.45, 7) is 15.4. The van der Waals surface area contributed by atoms with Crippen molar-refractivity contribution in [2.24, 2.45) is 39.9 Å². The molecule has 8 nitrogen and oxygen atoms in total. The fourth-order valence-corrected chi connectivity index (χ4v) is 9.71. The number of fused-ring (bicyclic) bond motifs is 2. The first-order valence-corrected chi connectivity index (χ1v) is 12.5. The molecule has 188 valence electrons. The quantitative estimate of drug-likeness (QED) is 0.410. The lowest BCUT2D eigenvalue weighted by molar-refractivity contribution is -0.539. The van der Waals surface area contributed by atoms with E-state index < -0.39 is 64.0 Å². The molecule has 2 spiro atoms. The molecule has 3 N–H and O–H groups in total. The van der Waals surface area contributed by atoms with E-state index in [1.807, 2.05) is 20.8 Å². The van der Waals surface area contributed by atoms with Crippen molar-refractivity contribution >= 4 is 11.7 Å². The number of ketones is 1. The normalized spacial score (nSPS) is 55.7. The molecule has 2 bridgehead atoms. The Morgan fingerprint density at radius 1 is 1.12 bits per heavy atom. The molecular formula is C26H37NO7. The van der Waals surface area contributed by atoms with E-state index in [-0.39, 0.29) is 30.1 Å². The van der Waals surface area contributed by atoms with Gasteiger partial charge in [-0.15, -0.1) is 0 Å². The summed E-state index contributed by atoms with van der Waals surface area (Å²) in [5, 5.41) is 26.5. The van der Waals surface area contributed by atoms with Crippen LogP contribution < -0.4 is 5.32 Å². The highest BCUT2D eigenvalue weighted by molar-refractivity contribution is 5.90. The number of nitrogens with one attached hydrogen (secondary N) is 1. The maximum absolute atomic E-state index is 13.9. The van der Waals surface area contributed by atoms with Gasteiger partial charge in [0.25, 0.3) is 0 Å². The summed E-state index contributed by atoms with van der Waals surface area (Å²) in [5.74, 6) is -4.52. The van der Waals surface area contributed by atoms with Gasteiger partial charge in [0, 0.05) is 17.3 Å². The van der Waals surface area contributed by atoms with E-state index in [1.165, 1.54) is 6.92 Å². The molecular weight excluding hydrogens is 438 g/mol. The monoisotopic (exact) mass is 475 g/mol. The zero-order valence-electron chi connectivity index (χ0n) is 20.9. The van der Waals surface area contributed by atoms with Crippen molar-refractivity contribution in [2.45, 2.75) is 90.3 Å². The SMILES string of the molecule is C=C(C)[C@@H]1CC[C@H]2[C@@]34COC5(OC(C)(C)O[C@H]1[C@@]25C(C)=O)[C@@H](O)[C@@H]3C(C)(C)[C@@H](O)[C@H]1NC(=O)[C@H]14. The van der Waals surface area contributed by atoms with Gasteiger partial charge in [0.05, 0.1) is 30.8 Å². The molecule has 0 aromatic rings. The van der Waals surface area contributed by atoms with Crippen LogP contribution in [0.2, 0.25) is 0 Å². The molecule has 7 fully saturated rings. The number of Topliss-reactive ketones (excluding diaryl/α,β-unsaturated/α-hetero) is 1. The molecule has 7 aliphatic rings. The van der Waals surface area contributed by atoms with Gasteiger partial charge in [-0.25, -0.2) is 0 Å². The summed E-state index contributed by atoms with van der Waals surface area (Å²) in [6, 6.07) is -0.441. The molecule has 3 saturated carbocycles. The molecule has 0 radical (unpaired) electrons. The van der Waals surface area contributed by atoms with Gasteiger partial charge in [-0.05, 0) is 51.9 Å². The molecule has 7 rings (SSSR count). The number of carbonyl (C=O) groups is 2. The van der Waals surface area contributed by atoms with E-state index in [1.54, 1.807) is 13.8 Å². The standard InChI is InChI=1S/C26H37NO7/c1-11(2)13-8-9-14-24-10-32-26(25(14,12(3)28)20(13)33-23(6,7)34-26)19(30)17(24)22(4,5)18(29)16-15(24)21(31)27-16/h13-20,29-30H,1,8-10H2,2-7H3,(H,27,31)/t13-,14-,15-,16-,17+,18-,19-,20+,24+,25+,26?/m0/s1. The maximum Gasteiger partial charge on any atom is 0.226 e. The van der Waals surface area contributed by atoms with Gasteiger partial charge in [0.15, 0.2) is 5.79 Å². The van der Waals surface area contributed by atoms with Crippen LogP contribution in [0, 0.1) is 39.9 Å². The van der Waals surface area contributed by atoms with Crippen molar-refractivity contribution < 1.29 is 34.0 Å². The first kappa shape index (κ1) is 23.1. The van der Waals surface area contributed by atoms with Gasteiger partial charge in [-0.3, -0.25) is 9.59 Å². The van der Waals surface area contributed by atoms with Gasteiger partial charge in [0.2, 0.25) is 11.7 Å². The summed E-state index contributed by atoms with van der Waals surface area (Å²) < 4.78 is 19.7. The Morgan fingerprint density at radius 2 is 1.79 bits per heavy atom. The highest BCUT2D eigenvalue weighted by Gasteiger charge is 2.89. The number of amides is 1. The predicted octanol–water partition coefficient (Wildman–Crippen LogP) is 1.53. The average molecular weight is 476 g/mol. The Kier molecular flexibility index (Phi) is 4.30. The van der Waals surface area contributed by atoms with Crippen LogP contribution >= 0.6 is 0 Å². The van der Waals surface area contributed by atoms with E-state index in [0.29, 0.717) is 6.42 Å². The van der Waals surface area contributed by atoms with Gasteiger partial charge in [-0.1, -0.05) is 26.0 Å². The van der Waals surface area contributed by atoms with E-state index in [2.05, 4.69) is 11.9 Å². The number of hydrogen-bond donors (Lipinski definition) is 3. The third kappa shape index (κ3) is 2.13. The van der Waals surface area contributed by atoms with Gasteiger partial charge in [0.1, 0.15) is 17.3 Å². The Morgan fingerprint density at radius 3 is 2.38 bits per heavy atom. The summed E-state index contributed by atoms with van der Waals surface area (Å²) >= 11 is 0. The van der Waals surface area contributed by atoms with Crippen molar-refractivity contribution in [3.63, 3.8) is 0 Å². The fourth-order valence-electron chi connectivity index (χ4n) is 9.71. The fraction of sp³-hybridized carbons (Fsp3) is 0.846. The van der Waals surface area contributed by atoms with Crippen LogP contribution in [-0.2, 0) is 23.8 Å². The molecule has 1 amide bonds. The second-order valence-corrected chi connectivity index (χ2v) is 12.8. The smallest absolute Gasteiger partial charge is 0.226 e. The molecule has 11 atom stereocenters. The highest BCUT2D eigenvalue weighted by Crippen LogP contribution is 2.78. The zero-order chi connectivity index (χ0) is 24.8. The Bertz CT molecular complexity index is 1010. The number of hydrogen-bond acceptors (Lipinski definition) is 7. The first-order valence-electron chi connectivity index (χ1n) is 12.5. The highest BCUT2D eigenvalue weighted by atomic mass is 16.8. The zero-order valence-corrected chi connectivity index (χ0v) is 20.9. The number of carbonyl (C=O) groups excluding carboxylic acids is 2. The minimum absolute atomic E-state index is 0.113. The third-order valence-corrected chi connectivity index (χ3v) is 10.6. The topological polar surface area (TPSA) is 114 Å². The molecule has 4 saturated heterocycles. The Labute approximate surface area is 200 Å². The lowest BCUT2D eigenvalue weighted by Crippen LogP contribution is -2.93. The van der Waals surface area contributed by atoms with Crippen LogP contribution in [0.25, 0.3) is 0 Å². The number of aliphatic hydroxyl groups excluding tert-OH is 2. The molecule has 4 aliphatic heterocycles. The Balaban J connectivity index is 1.67. The number of aliphatic hydroxyl groups is 2. The summed E-state index contributed by atoms with van der Waals surface area (Å²) in [6.07, 6.45) is -1.24. The van der Waals surface area contributed by atoms with Crippen LogP contribution in [0.3, 0.4) is 0 Å². The average Bonchev–Trinajstić information content (AvgIpc) is 2.70. The van der Waals surface area contributed by atoms with Gasteiger partial charge >= 0.3 is 0 Å². The van der Waals surface area contributed by atoms with E-state index in [9.17, 15) is 19.8 Å². The largest absolute Gasteiger partial charge is 0.390 e. The van der Waals surface area contributed by atoms with E-state index in [4.69, 9.17) is 14.2 Å². The van der Waals surface area contributed by atoms with Crippen LogP contribution in [0.5, 0.6) is 0 Å². The maximum atomic E-state index is 13.9. The van der Waals surface area contributed by atoms with E-state index in [0.717, 1.165) is 12.0 Å². The second kappa shape index (κ2) is 6.32. The summed E-state index contributed by atoms with van der Waals surface area (Å²) in [7, 11) is 0. The lowest BCUT2D eigenvalue weighted by atomic mass is 9.30. The molecule has 34 heavy (non-hydrogen) atoms. The molecule has 1 unspecified atom stereocenters. The Hall–Kier alpha value is -1.32. The van der Waals surface area contributed by atoms with Crippen molar-refractivity contribution in [1.29, 1.82) is 0 Å². The second-order valence-electron chi connectivity index (χ2n) is 12.8. The first-order chi connectivity index (χ1) is 15.7. The van der Waals surface area contributed by atoms with Gasteiger partial charge < -0.3 is 29.7 Å². The minimum atomic E-state index is -1.64. The van der Waals surface area contributed by atoms with Crippen molar-refractivity contribution in [1.82, 2.24) is 5.32 Å². The van der Waals surface area contributed by atoms with Crippen LogP contribution in [0.15, 0.2) is 12.2 Å². The number of ether oxygens (including phenoxy) is 3. The molecule has 8 heteroatoms. The van der Waals surface area contributed by atoms with Crippen molar-refractivity contribution in [2.75, 3.05) is 6.61 Å². The minimum Gasteiger partial charge on any atom is -0.390 e. The van der Waals surface area contributed by atoms with Crippen molar-refractivity contribution in [3.8, 4) is 0 Å². The molecule has 4 heterocycles. The molecule has 0 aromatic heterocycles.